The van der Waals surface area contributed by atoms with Crippen molar-refractivity contribution in [2.24, 2.45) is 0 Å². The van der Waals surface area contributed by atoms with Gasteiger partial charge >= 0.3 is 0 Å². The molecule has 0 aliphatic rings. The molecule has 34 heavy (non-hydrogen) atoms. The van der Waals surface area contributed by atoms with Crippen molar-refractivity contribution in [2.75, 3.05) is 10.6 Å². The van der Waals surface area contributed by atoms with E-state index in [0.29, 0.717) is 22.5 Å². The molecule has 7 heteroatoms. The van der Waals surface area contributed by atoms with Crippen molar-refractivity contribution >= 4 is 46.9 Å². The minimum absolute atomic E-state index is 0.157. The molecular formula is C27H23N3O4. The molecule has 0 aliphatic carbocycles. The number of pyridine rings is 1. The van der Waals surface area contributed by atoms with Crippen LogP contribution in [0.4, 0.5) is 11.4 Å². The van der Waals surface area contributed by atoms with Crippen LogP contribution in [-0.2, 0) is 9.59 Å². The summed E-state index contributed by atoms with van der Waals surface area (Å²) in [4.78, 5) is 51.3. The Labute approximate surface area is 197 Å². The molecule has 7 nitrogen and oxygen atoms in total. The summed E-state index contributed by atoms with van der Waals surface area (Å²) in [6.07, 6.45) is 8.94. The van der Waals surface area contributed by atoms with E-state index in [-0.39, 0.29) is 23.4 Å². The van der Waals surface area contributed by atoms with Gasteiger partial charge in [0.1, 0.15) is 0 Å². The Bertz CT molecular complexity index is 1180. The molecule has 170 valence electrons. The zero-order chi connectivity index (χ0) is 24.5. The molecule has 0 radical (unpaired) electrons. The third kappa shape index (κ3) is 7.20. The summed E-state index contributed by atoms with van der Waals surface area (Å²) in [6.45, 7) is 2.86. The molecule has 0 saturated heterocycles. The third-order valence-electron chi connectivity index (χ3n) is 4.62. The zero-order valence-electron chi connectivity index (χ0n) is 18.7. The minimum atomic E-state index is -0.286. The molecule has 2 amide bonds. The van der Waals surface area contributed by atoms with Crippen LogP contribution in [0.5, 0.6) is 0 Å². The van der Waals surface area contributed by atoms with Gasteiger partial charge in [-0.25, -0.2) is 0 Å². The highest BCUT2D eigenvalue weighted by molar-refractivity contribution is 6.10. The number of hydrogen-bond acceptors (Lipinski definition) is 5. The fourth-order valence-corrected chi connectivity index (χ4v) is 3.01. The van der Waals surface area contributed by atoms with Crippen LogP contribution in [-0.4, -0.2) is 28.4 Å². The standard InChI is InChI=1S/C27H23N3O4/c1-18(31)29-24-9-3-20(4-10-24)7-13-26(33)22-15-23(17-28-16-22)27(34)14-8-21-5-11-25(12-6-21)30-19(2)32/h3-17H,1-2H3,(H,29,31)(H,30,32)/b13-7-,14-8-. The Hall–Kier alpha value is -4.65. The van der Waals surface area contributed by atoms with E-state index in [4.69, 9.17) is 0 Å². The van der Waals surface area contributed by atoms with Gasteiger partial charge in [0, 0.05) is 48.7 Å². The first-order chi connectivity index (χ1) is 16.3. The van der Waals surface area contributed by atoms with E-state index < -0.39 is 0 Å². The van der Waals surface area contributed by atoms with Crippen LogP contribution in [0.1, 0.15) is 45.7 Å². The Morgan fingerprint density at radius 2 is 1.03 bits per heavy atom. The molecule has 2 aromatic carbocycles. The first kappa shape index (κ1) is 24.0. The van der Waals surface area contributed by atoms with Crippen LogP contribution in [0.25, 0.3) is 12.2 Å². The van der Waals surface area contributed by atoms with Gasteiger partial charge in [-0.1, -0.05) is 36.4 Å². The van der Waals surface area contributed by atoms with Gasteiger partial charge < -0.3 is 10.6 Å². The van der Waals surface area contributed by atoms with Gasteiger partial charge in [-0.3, -0.25) is 24.2 Å². The number of carbonyl (C=O) groups is 4. The van der Waals surface area contributed by atoms with Gasteiger partial charge in [-0.05, 0) is 53.6 Å². The summed E-state index contributed by atoms with van der Waals surface area (Å²) in [5.41, 5.74) is 3.51. The fourth-order valence-electron chi connectivity index (χ4n) is 3.01. The van der Waals surface area contributed by atoms with Crippen LogP contribution >= 0.6 is 0 Å². The predicted octanol–water partition coefficient (Wildman–Crippen LogP) is 4.79. The number of aromatic nitrogens is 1. The number of benzene rings is 2. The number of nitrogens with zero attached hydrogens (tertiary/aromatic N) is 1. The highest BCUT2D eigenvalue weighted by atomic mass is 16.2. The van der Waals surface area contributed by atoms with Gasteiger partial charge in [0.2, 0.25) is 11.8 Å². The van der Waals surface area contributed by atoms with E-state index in [2.05, 4.69) is 15.6 Å². The molecule has 0 saturated carbocycles. The highest BCUT2D eigenvalue weighted by Gasteiger charge is 2.08. The molecule has 0 atom stereocenters. The molecule has 0 unspecified atom stereocenters. The monoisotopic (exact) mass is 453 g/mol. The van der Waals surface area contributed by atoms with Crippen LogP contribution < -0.4 is 10.6 Å². The number of ketones is 2. The fraction of sp³-hybridized carbons (Fsp3) is 0.0741. The maximum atomic E-state index is 12.5. The molecule has 3 aromatic rings. The van der Waals surface area contributed by atoms with Gasteiger partial charge in [0.15, 0.2) is 11.6 Å². The minimum Gasteiger partial charge on any atom is -0.326 e. The molecule has 0 fully saturated rings. The summed E-state index contributed by atoms with van der Waals surface area (Å²) >= 11 is 0. The van der Waals surface area contributed by atoms with Crippen molar-refractivity contribution in [2.45, 2.75) is 13.8 Å². The summed E-state index contributed by atoms with van der Waals surface area (Å²) in [6, 6.07) is 15.6. The maximum absolute atomic E-state index is 12.5. The molecule has 1 heterocycles. The van der Waals surface area contributed by atoms with E-state index >= 15 is 0 Å². The molecule has 0 spiro atoms. The quantitative estimate of drug-likeness (QED) is 0.377. The SMILES string of the molecule is CC(=O)Nc1ccc(/C=C\C(=O)c2cncc(C(=O)/C=C\c3ccc(NC(C)=O)cc3)c2)cc1. The largest absolute Gasteiger partial charge is 0.326 e. The topological polar surface area (TPSA) is 105 Å². The van der Waals surface area contributed by atoms with Crippen LogP contribution in [0.15, 0.2) is 79.1 Å². The lowest BCUT2D eigenvalue weighted by molar-refractivity contribution is -0.115. The number of nitrogens with one attached hydrogen (secondary N) is 2. The van der Waals surface area contributed by atoms with E-state index in [1.54, 1.807) is 60.7 Å². The number of anilines is 2. The lowest BCUT2D eigenvalue weighted by Gasteiger charge is -2.02. The lowest BCUT2D eigenvalue weighted by Crippen LogP contribution is -2.05. The van der Waals surface area contributed by atoms with E-state index in [1.807, 2.05) is 0 Å². The zero-order valence-corrected chi connectivity index (χ0v) is 18.7. The Morgan fingerprint density at radius 3 is 1.38 bits per heavy atom. The van der Waals surface area contributed by atoms with Gasteiger partial charge in [0.25, 0.3) is 0 Å². The second-order valence-electron chi connectivity index (χ2n) is 7.46. The Kier molecular flexibility index (Phi) is 7.97. The maximum Gasteiger partial charge on any atom is 0.221 e. The number of allylic oxidation sites excluding steroid dienone is 2. The summed E-state index contributed by atoms with van der Waals surface area (Å²) in [5, 5.41) is 5.36. The molecule has 0 bridgehead atoms. The van der Waals surface area contributed by atoms with Gasteiger partial charge in [0.05, 0.1) is 0 Å². The van der Waals surface area contributed by atoms with Crippen LogP contribution in [0.2, 0.25) is 0 Å². The third-order valence-corrected chi connectivity index (χ3v) is 4.62. The average molecular weight is 453 g/mol. The van der Waals surface area contributed by atoms with E-state index in [1.165, 1.54) is 44.5 Å². The van der Waals surface area contributed by atoms with Crippen LogP contribution in [0.3, 0.4) is 0 Å². The summed E-state index contributed by atoms with van der Waals surface area (Å²) < 4.78 is 0. The van der Waals surface area contributed by atoms with Crippen molar-refractivity contribution in [1.29, 1.82) is 0 Å². The first-order valence-corrected chi connectivity index (χ1v) is 10.5. The van der Waals surface area contributed by atoms with Crippen molar-refractivity contribution in [3.05, 3.63) is 101 Å². The second-order valence-corrected chi connectivity index (χ2v) is 7.46. The molecular weight excluding hydrogens is 430 g/mol. The number of rotatable bonds is 8. The van der Waals surface area contributed by atoms with Crippen molar-refractivity contribution in [3.8, 4) is 0 Å². The highest BCUT2D eigenvalue weighted by Crippen LogP contribution is 2.14. The summed E-state index contributed by atoms with van der Waals surface area (Å²) in [7, 11) is 0. The first-order valence-electron chi connectivity index (χ1n) is 10.5. The smallest absolute Gasteiger partial charge is 0.221 e. The lowest BCUT2D eigenvalue weighted by atomic mass is 10.1. The number of hydrogen-bond donors (Lipinski definition) is 2. The van der Waals surface area contributed by atoms with Crippen molar-refractivity contribution in [1.82, 2.24) is 4.98 Å². The normalized spacial score (nSPS) is 10.9. The molecule has 0 aliphatic heterocycles. The predicted molar refractivity (Wildman–Crippen MR) is 132 cm³/mol. The molecule has 3 rings (SSSR count). The van der Waals surface area contributed by atoms with E-state index in [9.17, 15) is 19.2 Å². The van der Waals surface area contributed by atoms with E-state index in [0.717, 1.165) is 11.1 Å². The molecule has 2 N–H and O–H groups in total. The Morgan fingerprint density at radius 1 is 0.647 bits per heavy atom. The molecule has 1 aromatic heterocycles. The average Bonchev–Trinajstić information content (AvgIpc) is 2.82. The summed E-state index contributed by atoms with van der Waals surface area (Å²) in [5.74, 6) is -0.888. The Balaban J connectivity index is 1.65. The second kappa shape index (κ2) is 11.3. The van der Waals surface area contributed by atoms with Crippen LogP contribution in [0, 0.1) is 0 Å². The number of carbonyl (C=O) groups excluding carboxylic acids is 4. The van der Waals surface area contributed by atoms with Crippen molar-refractivity contribution in [3.63, 3.8) is 0 Å². The van der Waals surface area contributed by atoms with Gasteiger partial charge in [-0.15, -0.1) is 0 Å². The number of amides is 2. The van der Waals surface area contributed by atoms with Crippen molar-refractivity contribution < 1.29 is 19.2 Å². The van der Waals surface area contributed by atoms with Gasteiger partial charge in [-0.2, -0.15) is 0 Å².